The predicted octanol–water partition coefficient (Wildman–Crippen LogP) is 0.226. The molecule has 24 heavy (non-hydrogen) atoms. The molecule has 1 aromatic heterocycles. The molecular weight excluding hydrogens is 421 g/mol. The summed E-state index contributed by atoms with van der Waals surface area (Å²) in [5.74, 6) is -0.162. The van der Waals surface area contributed by atoms with E-state index in [0.29, 0.717) is 18.8 Å². The second-order valence-electron chi connectivity index (χ2n) is 6.03. The number of rotatable bonds is 8. The molecule has 0 saturated heterocycles. The minimum atomic E-state index is -0.409. The van der Waals surface area contributed by atoms with Crippen LogP contribution in [-0.4, -0.2) is 50.9 Å². The maximum absolute atomic E-state index is 12.1. The van der Waals surface area contributed by atoms with E-state index >= 15 is 0 Å². The topological polar surface area (TPSA) is 48.7 Å². The molecule has 1 aromatic carbocycles. The van der Waals surface area contributed by atoms with Crippen molar-refractivity contribution in [1.29, 1.82) is 0 Å². The Labute approximate surface area is 160 Å². The fourth-order valence-electron chi connectivity index (χ4n) is 2.42. The van der Waals surface area contributed by atoms with Crippen LogP contribution in [0.25, 0.3) is 11.0 Å². The molecule has 0 bridgehead atoms. The highest BCUT2D eigenvalue weighted by Crippen LogP contribution is 2.21. The summed E-state index contributed by atoms with van der Waals surface area (Å²) in [5.41, 5.74) is 1.72. The number of furan rings is 1. The van der Waals surface area contributed by atoms with Gasteiger partial charge in [-0.3, -0.25) is 0 Å². The molecular formula is C18H26INO4. The summed E-state index contributed by atoms with van der Waals surface area (Å²) in [6, 6.07) is 7.46. The zero-order valence-corrected chi connectivity index (χ0v) is 17.0. The number of benzene rings is 1. The molecule has 0 aliphatic heterocycles. The lowest BCUT2D eigenvalue weighted by molar-refractivity contribution is -0.906. The number of hydrogen-bond acceptors (Lipinski definition) is 4. The van der Waals surface area contributed by atoms with Gasteiger partial charge in [0.05, 0.1) is 26.7 Å². The molecule has 0 amide bonds. The van der Waals surface area contributed by atoms with Crippen molar-refractivity contribution < 1.29 is 47.1 Å². The second kappa shape index (κ2) is 9.39. The highest BCUT2D eigenvalue weighted by molar-refractivity contribution is 5.92. The van der Waals surface area contributed by atoms with Gasteiger partial charge in [-0.25, -0.2) is 4.79 Å². The minimum Gasteiger partial charge on any atom is -1.00 e. The van der Waals surface area contributed by atoms with E-state index in [1.165, 1.54) is 0 Å². The quantitative estimate of drug-likeness (QED) is 0.330. The largest absolute Gasteiger partial charge is 1.00 e. The highest BCUT2D eigenvalue weighted by Gasteiger charge is 2.19. The number of nitrogens with zero attached hydrogens (tertiary/aromatic N) is 1. The van der Waals surface area contributed by atoms with Gasteiger partial charge in [0.25, 0.3) is 0 Å². The van der Waals surface area contributed by atoms with Crippen LogP contribution in [0.5, 0.6) is 0 Å². The first-order valence-corrected chi connectivity index (χ1v) is 8.03. The van der Waals surface area contributed by atoms with Gasteiger partial charge in [-0.2, -0.15) is 0 Å². The highest BCUT2D eigenvalue weighted by atomic mass is 127. The van der Waals surface area contributed by atoms with E-state index in [1.54, 1.807) is 13.2 Å². The van der Waals surface area contributed by atoms with Crippen molar-refractivity contribution in [2.75, 3.05) is 40.4 Å². The first kappa shape index (κ1) is 20.9. The molecule has 0 radical (unpaired) electrons. The fourth-order valence-corrected chi connectivity index (χ4v) is 2.42. The Balaban J connectivity index is 0.00000288. The fraction of sp³-hybridized carbons (Fsp3) is 0.500. The number of esters is 1. The molecule has 0 unspecified atom stereocenters. The number of fused-ring (bicyclic) bond motifs is 1. The van der Waals surface area contributed by atoms with Gasteiger partial charge in [0.2, 0.25) is 5.76 Å². The average Bonchev–Trinajstić information content (AvgIpc) is 2.98. The SMILES string of the molecule is CC[N+](C)(CC)CCOC(=O)c1cc2cc(COC)ccc2o1.[I-]. The van der Waals surface area contributed by atoms with E-state index in [9.17, 15) is 4.79 Å². The zero-order chi connectivity index (χ0) is 16.9. The van der Waals surface area contributed by atoms with Crippen molar-refractivity contribution in [2.24, 2.45) is 0 Å². The Bertz CT molecular complexity index is 664. The van der Waals surface area contributed by atoms with Gasteiger partial charge in [0.1, 0.15) is 18.7 Å². The lowest BCUT2D eigenvalue weighted by atomic mass is 10.2. The van der Waals surface area contributed by atoms with Crippen LogP contribution in [0, 0.1) is 0 Å². The first-order chi connectivity index (χ1) is 11.0. The lowest BCUT2D eigenvalue weighted by Gasteiger charge is -2.31. The van der Waals surface area contributed by atoms with Crippen LogP contribution in [0.15, 0.2) is 28.7 Å². The van der Waals surface area contributed by atoms with Crippen molar-refractivity contribution in [3.63, 3.8) is 0 Å². The number of carbonyl (C=O) groups is 1. The van der Waals surface area contributed by atoms with E-state index in [-0.39, 0.29) is 29.7 Å². The molecule has 6 heteroatoms. The van der Waals surface area contributed by atoms with Crippen LogP contribution in [0.3, 0.4) is 0 Å². The Morgan fingerprint density at radius 3 is 2.54 bits per heavy atom. The standard InChI is InChI=1S/C18H26NO4.HI/c1-5-19(3,6-2)9-10-22-18(20)17-12-15-11-14(13-21-4)7-8-16(15)23-17;/h7-8,11-12H,5-6,9-10,13H2,1-4H3;1H/q+1;/p-1. The van der Waals surface area contributed by atoms with E-state index in [2.05, 4.69) is 20.9 Å². The monoisotopic (exact) mass is 447 g/mol. The Morgan fingerprint density at radius 2 is 1.92 bits per heavy atom. The number of quaternary nitrogens is 1. The third-order valence-corrected chi connectivity index (χ3v) is 4.48. The molecule has 2 rings (SSSR count). The van der Waals surface area contributed by atoms with Gasteiger partial charge in [-0.15, -0.1) is 0 Å². The van der Waals surface area contributed by atoms with Crippen LogP contribution in [-0.2, 0) is 16.1 Å². The third kappa shape index (κ3) is 5.19. The van der Waals surface area contributed by atoms with Crippen LogP contribution < -0.4 is 24.0 Å². The van der Waals surface area contributed by atoms with E-state index in [0.717, 1.165) is 35.1 Å². The Hall–Kier alpha value is -1.12. The van der Waals surface area contributed by atoms with E-state index in [1.807, 2.05) is 18.2 Å². The number of ether oxygens (including phenoxy) is 2. The molecule has 0 atom stereocenters. The zero-order valence-electron chi connectivity index (χ0n) is 14.8. The van der Waals surface area contributed by atoms with Gasteiger partial charge >= 0.3 is 5.97 Å². The van der Waals surface area contributed by atoms with Gasteiger partial charge in [-0.05, 0) is 37.6 Å². The van der Waals surface area contributed by atoms with E-state index in [4.69, 9.17) is 13.9 Å². The van der Waals surface area contributed by atoms with Crippen LogP contribution in [0.1, 0.15) is 30.0 Å². The molecule has 0 spiro atoms. The molecule has 5 nitrogen and oxygen atoms in total. The summed E-state index contributed by atoms with van der Waals surface area (Å²) >= 11 is 0. The number of hydrogen-bond donors (Lipinski definition) is 0. The Morgan fingerprint density at radius 1 is 1.21 bits per heavy atom. The summed E-state index contributed by atoms with van der Waals surface area (Å²) in [6.07, 6.45) is 0. The van der Waals surface area contributed by atoms with Crippen molar-refractivity contribution in [3.05, 3.63) is 35.6 Å². The van der Waals surface area contributed by atoms with Crippen molar-refractivity contribution in [2.45, 2.75) is 20.5 Å². The maximum Gasteiger partial charge on any atom is 0.374 e. The number of halogens is 1. The van der Waals surface area contributed by atoms with Crippen LogP contribution in [0.4, 0.5) is 0 Å². The molecule has 0 N–H and O–H groups in total. The van der Waals surface area contributed by atoms with Gasteiger partial charge in [0, 0.05) is 12.5 Å². The smallest absolute Gasteiger partial charge is 0.374 e. The summed E-state index contributed by atoms with van der Waals surface area (Å²) in [6.45, 7) is 8.04. The van der Waals surface area contributed by atoms with E-state index < -0.39 is 5.97 Å². The normalized spacial score (nSPS) is 11.3. The second-order valence-corrected chi connectivity index (χ2v) is 6.03. The van der Waals surface area contributed by atoms with Crippen LogP contribution >= 0.6 is 0 Å². The summed E-state index contributed by atoms with van der Waals surface area (Å²) in [5, 5.41) is 0.884. The molecule has 0 saturated carbocycles. The molecule has 0 aliphatic rings. The molecule has 1 heterocycles. The average molecular weight is 447 g/mol. The third-order valence-electron chi connectivity index (χ3n) is 4.48. The summed E-state index contributed by atoms with van der Waals surface area (Å²) in [4.78, 5) is 12.1. The maximum atomic E-state index is 12.1. The summed E-state index contributed by atoms with van der Waals surface area (Å²) < 4.78 is 16.9. The van der Waals surface area contributed by atoms with Crippen molar-refractivity contribution >= 4 is 16.9 Å². The molecule has 2 aromatic rings. The lowest BCUT2D eigenvalue weighted by Crippen LogP contribution is -3.00. The Kier molecular flexibility index (Phi) is 8.18. The first-order valence-electron chi connectivity index (χ1n) is 8.03. The predicted molar refractivity (Wildman–Crippen MR) is 89.3 cm³/mol. The molecule has 0 fully saturated rings. The van der Waals surface area contributed by atoms with Crippen LogP contribution in [0.2, 0.25) is 0 Å². The molecule has 0 aliphatic carbocycles. The van der Waals surface area contributed by atoms with Crippen molar-refractivity contribution in [1.82, 2.24) is 0 Å². The number of carbonyl (C=O) groups excluding carboxylic acids is 1. The number of likely N-dealkylation sites (N-methyl/N-ethyl adjacent to an activating group) is 1. The van der Waals surface area contributed by atoms with Gasteiger partial charge < -0.3 is 42.4 Å². The van der Waals surface area contributed by atoms with Crippen molar-refractivity contribution in [3.8, 4) is 0 Å². The van der Waals surface area contributed by atoms with Gasteiger partial charge in [-0.1, -0.05) is 6.07 Å². The minimum absolute atomic E-state index is 0. The number of methoxy groups -OCH3 is 1. The molecule has 134 valence electrons. The summed E-state index contributed by atoms with van der Waals surface area (Å²) in [7, 11) is 3.81. The van der Waals surface area contributed by atoms with Gasteiger partial charge in [0.15, 0.2) is 0 Å².